The van der Waals surface area contributed by atoms with Crippen LogP contribution in [0, 0.1) is 6.92 Å². The number of carbonyl (C=O) groups excluding carboxylic acids is 1. The van der Waals surface area contributed by atoms with E-state index in [1.807, 2.05) is 79.9 Å². The van der Waals surface area contributed by atoms with Gasteiger partial charge in [-0.15, -0.1) is 0 Å². The summed E-state index contributed by atoms with van der Waals surface area (Å²) in [7, 11) is 0. The lowest BCUT2D eigenvalue weighted by atomic mass is 10.1. The molecule has 0 fully saturated rings. The summed E-state index contributed by atoms with van der Waals surface area (Å²) in [6.07, 6.45) is 7.09. The van der Waals surface area contributed by atoms with E-state index in [1.54, 1.807) is 23.4 Å². The highest BCUT2D eigenvalue weighted by atomic mass is 16.2. The van der Waals surface area contributed by atoms with Gasteiger partial charge in [0.05, 0.1) is 0 Å². The minimum atomic E-state index is -0.0757. The quantitative estimate of drug-likeness (QED) is 0.699. The number of hydrogen-bond donors (Lipinski definition) is 0. The Bertz CT molecular complexity index is 842. The third kappa shape index (κ3) is 3.58. The average Bonchev–Trinajstić information content (AvgIpc) is 2.64. The van der Waals surface area contributed by atoms with Crippen molar-refractivity contribution < 1.29 is 4.79 Å². The zero-order chi connectivity index (χ0) is 16.8. The molecule has 0 aliphatic rings. The zero-order valence-corrected chi connectivity index (χ0v) is 13.5. The molecule has 0 saturated heterocycles. The number of aryl methyl sites for hydroxylation is 1. The maximum Gasteiger partial charge on any atom is 0.262 e. The van der Waals surface area contributed by atoms with Crippen LogP contribution >= 0.6 is 0 Å². The summed E-state index contributed by atoms with van der Waals surface area (Å²) in [5, 5.41) is 0. The Kier molecular flexibility index (Phi) is 4.82. The van der Waals surface area contributed by atoms with Gasteiger partial charge in [0.2, 0.25) is 0 Å². The minimum Gasteiger partial charge on any atom is -0.284 e. The van der Waals surface area contributed by atoms with Gasteiger partial charge in [0.1, 0.15) is 0 Å². The summed E-state index contributed by atoms with van der Waals surface area (Å²) in [5.41, 5.74) is 3.37. The standard InChI is InChI=1S/C21H18N2O/c1-17-16-22-14-12-20(17)21(24)23(19-10-6-3-7-11-19)15-13-18-8-4-2-5-9-18/h2-16H,1H3. The molecule has 0 radical (unpaired) electrons. The second-order valence-corrected chi connectivity index (χ2v) is 5.43. The Hall–Kier alpha value is -3.20. The molecule has 0 aliphatic carbocycles. The maximum atomic E-state index is 13.0. The molecule has 0 bridgehead atoms. The van der Waals surface area contributed by atoms with E-state index < -0.39 is 0 Å². The summed E-state index contributed by atoms with van der Waals surface area (Å²) in [5.74, 6) is -0.0757. The molecule has 0 saturated carbocycles. The number of carbonyl (C=O) groups is 1. The van der Waals surface area contributed by atoms with Gasteiger partial charge < -0.3 is 0 Å². The predicted octanol–water partition coefficient (Wildman–Crippen LogP) is 4.71. The molecule has 0 aliphatic heterocycles. The molecule has 2 aromatic carbocycles. The predicted molar refractivity (Wildman–Crippen MR) is 97.7 cm³/mol. The van der Waals surface area contributed by atoms with E-state index in [1.165, 1.54) is 0 Å². The average molecular weight is 314 g/mol. The van der Waals surface area contributed by atoms with Crippen molar-refractivity contribution in [3.63, 3.8) is 0 Å². The zero-order valence-electron chi connectivity index (χ0n) is 13.5. The molecule has 1 heterocycles. The van der Waals surface area contributed by atoms with Crippen LogP contribution in [0.5, 0.6) is 0 Å². The molecular weight excluding hydrogens is 296 g/mol. The number of hydrogen-bond acceptors (Lipinski definition) is 2. The van der Waals surface area contributed by atoms with Gasteiger partial charge in [-0.1, -0.05) is 48.5 Å². The first-order valence-corrected chi connectivity index (χ1v) is 7.78. The molecule has 0 N–H and O–H groups in total. The smallest absolute Gasteiger partial charge is 0.262 e. The maximum absolute atomic E-state index is 13.0. The van der Waals surface area contributed by atoms with Crippen molar-refractivity contribution in [3.8, 4) is 0 Å². The largest absolute Gasteiger partial charge is 0.284 e. The number of pyridine rings is 1. The second-order valence-electron chi connectivity index (χ2n) is 5.43. The van der Waals surface area contributed by atoms with Crippen molar-refractivity contribution >= 4 is 17.7 Å². The van der Waals surface area contributed by atoms with E-state index in [9.17, 15) is 4.79 Å². The van der Waals surface area contributed by atoms with E-state index >= 15 is 0 Å². The van der Waals surface area contributed by atoms with Crippen LogP contribution < -0.4 is 4.90 Å². The fourth-order valence-electron chi connectivity index (χ4n) is 2.43. The summed E-state index contributed by atoms with van der Waals surface area (Å²) >= 11 is 0. The van der Waals surface area contributed by atoms with Gasteiger partial charge in [0, 0.05) is 29.8 Å². The Morgan fingerprint density at radius 2 is 1.62 bits per heavy atom. The normalized spacial score (nSPS) is 10.7. The lowest BCUT2D eigenvalue weighted by Crippen LogP contribution is -2.26. The molecule has 3 rings (SSSR count). The molecule has 118 valence electrons. The third-order valence-corrected chi connectivity index (χ3v) is 3.72. The Labute approximate surface area is 141 Å². The highest BCUT2D eigenvalue weighted by Gasteiger charge is 2.17. The van der Waals surface area contributed by atoms with Gasteiger partial charge in [-0.3, -0.25) is 14.7 Å². The summed E-state index contributed by atoms with van der Waals surface area (Å²) < 4.78 is 0. The summed E-state index contributed by atoms with van der Waals surface area (Å²) in [6, 6.07) is 21.3. The number of rotatable bonds is 4. The van der Waals surface area contributed by atoms with Crippen LogP contribution in [-0.4, -0.2) is 10.9 Å². The van der Waals surface area contributed by atoms with Crippen LogP contribution in [0.1, 0.15) is 21.5 Å². The summed E-state index contributed by atoms with van der Waals surface area (Å²) in [6.45, 7) is 1.89. The Morgan fingerprint density at radius 1 is 0.958 bits per heavy atom. The van der Waals surface area contributed by atoms with Crippen LogP contribution in [0.2, 0.25) is 0 Å². The van der Waals surface area contributed by atoms with E-state index in [2.05, 4.69) is 4.98 Å². The van der Waals surface area contributed by atoms with Gasteiger partial charge in [-0.2, -0.15) is 0 Å². The fourth-order valence-corrected chi connectivity index (χ4v) is 2.43. The van der Waals surface area contributed by atoms with Gasteiger partial charge in [-0.25, -0.2) is 0 Å². The molecular formula is C21H18N2O. The molecule has 0 unspecified atom stereocenters. The number of anilines is 1. The van der Waals surface area contributed by atoms with Gasteiger partial charge >= 0.3 is 0 Å². The van der Waals surface area contributed by atoms with Crippen LogP contribution in [0.3, 0.4) is 0 Å². The van der Waals surface area contributed by atoms with E-state index in [0.717, 1.165) is 16.8 Å². The van der Waals surface area contributed by atoms with Crippen LogP contribution in [-0.2, 0) is 0 Å². The lowest BCUT2D eigenvalue weighted by molar-refractivity contribution is 0.0997. The van der Waals surface area contributed by atoms with Crippen LogP contribution in [0.25, 0.3) is 6.08 Å². The second kappa shape index (κ2) is 7.38. The van der Waals surface area contributed by atoms with Crippen molar-refractivity contribution in [1.82, 2.24) is 4.98 Å². The molecule has 0 atom stereocenters. The van der Waals surface area contributed by atoms with Crippen molar-refractivity contribution in [2.75, 3.05) is 4.90 Å². The molecule has 0 spiro atoms. The SMILES string of the molecule is Cc1cnccc1C(=O)N(C=Cc1ccccc1)c1ccccc1. The number of benzene rings is 2. The topological polar surface area (TPSA) is 33.2 Å². The highest BCUT2D eigenvalue weighted by Crippen LogP contribution is 2.19. The molecule has 3 heteroatoms. The lowest BCUT2D eigenvalue weighted by Gasteiger charge is -2.19. The third-order valence-electron chi connectivity index (χ3n) is 3.72. The van der Waals surface area contributed by atoms with E-state index in [0.29, 0.717) is 5.56 Å². The van der Waals surface area contributed by atoms with E-state index in [4.69, 9.17) is 0 Å². The van der Waals surface area contributed by atoms with Gasteiger partial charge in [0.15, 0.2) is 0 Å². The molecule has 24 heavy (non-hydrogen) atoms. The Morgan fingerprint density at radius 3 is 2.29 bits per heavy atom. The highest BCUT2D eigenvalue weighted by molar-refractivity contribution is 6.08. The van der Waals surface area contributed by atoms with E-state index in [-0.39, 0.29) is 5.91 Å². The van der Waals surface area contributed by atoms with Gasteiger partial charge in [-0.05, 0) is 42.3 Å². The van der Waals surface area contributed by atoms with Crippen molar-refractivity contribution in [1.29, 1.82) is 0 Å². The first-order chi connectivity index (χ1) is 11.8. The molecule has 3 aromatic rings. The fraction of sp³-hybridized carbons (Fsp3) is 0.0476. The first kappa shape index (κ1) is 15.7. The number of amides is 1. The van der Waals surface area contributed by atoms with Crippen LogP contribution in [0.15, 0.2) is 85.3 Å². The van der Waals surface area contributed by atoms with Crippen molar-refractivity contribution in [2.45, 2.75) is 6.92 Å². The molecule has 1 aromatic heterocycles. The number of nitrogens with zero attached hydrogens (tertiary/aromatic N) is 2. The van der Waals surface area contributed by atoms with Crippen molar-refractivity contribution in [3.05, 3.63) is 102 Å². The minimum absolute atomic E-state index is 0.0757. The van der Waals surface area contributed by atoms with Gasteiger partial charge in [0.25, 0.3) is 5.91 Å². The first-order valence-electron chi connectivity index (χ1n) is 7.78. The molecule has 1 amide bonds. The van der Waals surface area contributed by atoms with Crippen molar-refractivity contribution in [2.24, 2.45) is 0 Å². The monoisotopic (exact) mass is 314 g/mol. The Balaban J connectivity index is 1.98. The number of para-hydroxylation sites is 1. The molecule has 3 nitrogen and oxygen atoms in total. The van der Waals surface area contributed by atoms with Crippen LogP contribution in [0.4, 0.5) is 5.69 Å². The number of aromatic nitrogens is 1. The summed E-state index contributed by atoms with van der Waals surface area (Å²) in [4.78, 5) is 18.8.